The SMILES string of the molecule is CN=C(NCCc1nc(C(F)(F)F)cs1)NCc1ccccc1OC1CCC1.I. The lowest BCUT2D eigenvalue weighted by molar-refractivity contribution is -0.140. The first-order chi connectivity index (χ1) is 13.5. The van der Waals surface area contributed by atoms with Crippen molar-refractivity contribution >= 4 is 41.3 Å². The molecule has 1 aromatic heterocycles. The van der Waals surface area contributed by atoms with Crippen molar-refractivity contribution < 1.29 is 17.9 Å². The van der Waals surface area contributed by atoms with E-state index in [4.69, 9.17) is 4.74 Å². The molecule has 0 saturated heterocycles. The lowest BCUT2D eigenvalue weighted by atomic mass is 9.96. The molecule has 0 amide bonds. The summed E-state index contributed by atoms with van der Waals surface area (Å²) in [6, 6.07) is 7.88. The minimum atomic E-state index is -4.39. The van der Waals surface area contributed by atoms with Crippen LogP contribution in [-0.4, -0.2) is 30.6 Å². The van der Waals surface area contributed by atoms with E-state index >= 15 is 0 Å². The van der Waals surface area contributed by atoms with Crippen molar-refractivity contribution in [3.8, 4) is 5.75 Å². The Hall–Kier alpha value is -1.56. The van der Waals surface area contributed by atoms with Gasteiger partial charge in [0.1, 0.15) is 5.75 Å². The number of aromatic nitrogens is 1. The van der Waals surface area contributed by atoms with Crippen molar-refractivity contribution in [3.63, 3.8) is 0 Å². The van der Waals surface area contributed by atoms with Gasteiger partial charge in [-0.2, -0.15) is 13.2 Å². The minimum absolute atomic E-state index is 0. The van der Waals surface area contributed by atoms with E-state index in [1.54, 1.807) is 7.05 Å². The third-order valence-corrected chi connectivity index (χ3v) is 5.37. The number of nitrogens with one attached hydrogen (secondary N) is 2. The van der Waals surface area contributed by atoms with Crippen molar-refractivity contribution in [3.05, 3.63) is 45.9 Å². The Balaban J connectivity index is 0.00000300. The van der Waals surface area contributed by atoms with E-state index in [-0.39, 0.29) is 24.0 Å². The van der Waals surface area contributed by atoms with E-state index in [9.17, 15) is 13.2 Å². The van der Waals surface area contributed by atoms with Gasteiger partial charge < -0.3 is 15.4 Å². The number of ether oxygens (including phenoxy) is 1. The molecule has 2 aromatic rings. The molecule has 1 aliphatic carbocycles. The summed E-state index contributed by atoms with van der Waals surface area (Å²) < 4.78 is 43.8. The second kappa shape index (κ2) is 11.0. The van der Waals surface area contributed by atoms with Crippen LogP contribution in [0.1, 0.15) is 35.5 Å². The Morgan fingerprint density at radius 3 is 2.66 bits per heavy atom. The fraction of sp³-hybridized carbons (Fsp3) is 0.474. The average Bonchev–Trinajstić information content (AvgIpc) is 3.11. The van der Waals surface area contributed by atoms with Gasteiger partial charge in [0.2, 0.25) is 0 Å². The molecule has 0 radical (unpaired) electrons. The topological polar surface area (TPSA) is 58.5 Å². The Morgan fingerprint density at radius 1 is 1.28 bits per heavy atom. The van der Waals surface area contributed by atoms with Crippen molar-refractivity contribution in [1.29, 1.82) is 0 Å². The van der Waals surface area contributed by atoms with Gasteiger partial charge in [-0.05, 0) is 25.3 Å². The Kier molecular flexibility index (Phi) is 9.00. The molecule has 1 fully saturated rings. The quantitative estimate of drug-likeness (QED) is 0.306. The molecule has 10 heteroatoms. The number of para-hydroxylation sites is 1. The normalized spacial score (nSPS) is 14.7. The van der Waals surface area contributed by atoms with Crippen LogP contribution in [-0.2, 0) is 19.1 Å². The van der Waals surface area contributed by atoms with Crippen LogP contribution in [0.25, 0.3) is 0 Å². The predicted octanol–water partition coefficient (Wildman–Crippen LogP) is 4.62. The van der Waals surface area contributed by atoms with Crippen LogP contribution < -0.4 is 15.4 Å². The first-order valence-electron chi connectivity index (χ1n) is 9.16. The number of nitrogens with zero attached hydrogens (tertiary/aromatic N) is 2. The number of thiazole rings is 1. The van der Waals surface area contributed by atoms with Gasteiger partial charge in [0.25, 0.3) is 0 Å². The molecule has 5 nitrogen and oxygen atoms in total. The molecular weight excluding hydrogens is 516 g/mol. The van der Waals surface area contributed by atoms with Crippen molar-refractivity contribution in [2.24, 2.45) is 4.99 Å². The summed E-state index contributed by atoms with van der Waals surface area (Å²) in [6.45, 7) is 0.975. The summed E-state index contributed by atoms with van der Waals surface area (Å²) in [7, 11) is 1.65. The van der Waals surface area contributed by atoms with Gasteiger partial charge in [-0.3, -0.25) is 4.99 Å². The second-order valence-corrected chi connectivity index (χ2v) is 7.45. The second-order valence-electron chi connectivity index (χ2n) is 6.51. The van der Waals surface area contributed by atoms with Crippen molar-refractivity contribution in [2.45, 2.75) is 44.5 Å². The zero-order valence-electron chi connectivity index (χ0n) is 16.0. The highest BCUT2D eigenvalue weighted by atomic mass is 127. The number of hydrogen-bond acceptors (Lipinski definition) is 4. The number of rotatable bonds is 7. The van der Waals surface area contributed by atoms with Crippen LogP contribution in [0, 0.1) is 0 Å². The highest BCUT2D eigenvalue weighted by Crippen LogP contribution is 2.30. The number of alkyl halides is 3. The van der Waals surface area contributed by atoms with Crippen molar-refractivity contribution in [1.82, 2.24) is 15.6 Å². The highest BCUT2D eigenvalue weighted by Gasteiger charge is 2.33. The molecular formula is C19H24F3IN4OS. The number of aliphatic imine (C=N–C) groups is 1. The van der Waals surface area contributed by atoms with Crippen LogP contribution in [0.2, 0.25) is 0 Å². The van der Waals surface area contributed by atoms with Crippen LogP contribution in [0.3, 0.4) is 0 Å². The molecule has 0 bridgehead atoms. The Bertz CT molecular complexity index is 809. The first-order valence-corrected chi connectivity index (χ1v) is 10.0. The van der Waals surface area contributed by atoms with Crippen molar-refractivity contribution in [2.75, 3.05) is 13.6 Å². The minimum Gasteiger partial charge on any atom is -0.490 e. The average molecular weight is 540 g/mol. The van der Waals surface area contributed by atoms with Gasteiger partial charge >= 0.3 is 6.18 Å². The maximum Gasteiger partial charge on any atom is 0.434 e. The maximum absolute atomic E-state index is 12.6. The molecule has 1 aromatic carbocycles. The fourth-order valence-electron chi connectivity index (χ4n) is 2.68. The van der Waals surface area contributed by atoms with Crippen LogP contribution in [0.15, 0.2) is 34.6 Å². The number of hydrogen-bond donors (Lipinski definition) is 2. The molecule has 1 saturated carbocycles. The zero-order valence-corrected chi connectivity index (χ0v) is 19.1. The van der Waals surface area contributed by atoms with E-state index in [1.165, 1.54) is 6.42 Å². The summed E-state index contributed by atoms with van der Waals surface area (Å²) in [5.74, 6) is 1.45. The standard InChI is InChI=1S/C19H23F3N4OS.HI/c1-23-18(24-10-9-17-26-16(12-28-17)19(20,21)22)25-11-13-5-2-3-8-15(13)27-14-6-4-7-14;/h2-3,5,8,12,14H,4,6-7,9-11H2,1H3,(H2,23,24,25);1H. The van der Waals surface area contributed by atoms with E-state index < -0.39 is 11.9 Å². The van der Waals surface area contributed by atoms with E-state index in [0.29, 0.717) is 36.6 Å². The molecule has 0 unspecified atom stereocenters. The van der Waals surface area contributed by atoms with Crippen LogP contribution in [0.5, 0.6) is 5.75 Å². The molecule has 0 atom stereocenters. The number of halogens is 4. The summed E-state index contributed by atoms with van der Waals surface area (Å²) in [4.78, 5) is 7.78. The lowest BCUT2D eigenvalue weighted by Crippen LogP contribution is -2.38. The molecule has 0 aliphatic heterocycles. The number of benzene rings is 1. The Labute approximate surface area is 189 Å². The van der Waals surface area contributed by atoms with Crippen LogP contribution >= 0.6 is 35.3 Å². The first kappa shape index (κ1) is 23.7. The monoisotopic (exact) mass is 540 g/mol. The smallest absolute Gasteiger partial charge is 0.434 e. The number of guanidine groups is 1. The lowest BCUT2D eigenvalue weighted by Gasteiger charge is -2.27. The fourth-order valence-corrected chi connectivity index (χ4v) is 3.48. The van der Waals surface area contributed by atoms with Gasteiger partial charge in [-0.1, -0.05) is 18.2 Å². The maximum atomic E-state index is 12.6. The van der Waals surface area contributed by atoms with Gasteiger partial charge in [0, 0.05) is 37.5 Å². The van der Waals surface area contributed by atoms with E-state index in [1.807, 2.05) is 24.3 Å². The molecule has 0 spiro atoms. The van der Waals surface area contributed by atoms with Gasteiger partial charge in [0.05, 0.1) is 11.1 Å². The van der Waals surface area contributed by atoms with Gasteiger partial charge in [-0.15, -0.1) is 35.3 Å². The highest BCUT2D eigenvalue weighted by molar-refractivity contribution is 14.0. The summed E-state index contributed by atoms with van der Waals surface area (Å²) in [5.41, 5.74) is 0.199. The molecule has 1 aliphatic rings. The molecule has 1 heterocycles. The third-order valence-electron chi connectivity index (χ3n) is 4.46. The third kappa shape index (κ3) is 7.02. The summed E-state index contributed by atoms with van der Waals surface area (Å²) in [5, 5.41) is 7.80. The molecule has 2 N–H and O–H groups in total. The zero-order chi connectivity index (χ0) is 20.0. The molecule has 3 rings (SSSR count). The van der Waals surface area contributed by atoms with E-state index in [0.717, 1.165) is 40.9 Å². The van der Waals surface area contributed by atoms with Crippen LogP contribution in [0.4, 0.5) is 13.2 Å². The summed E-state index contributed by atoms with van der Waals surface area (Å²) in [6.07, 6.45) is -0.295. The van der Waals surface area contributed by atoms with Gasteiger partial charge in [0.15, 0.2) is 11.7 Å². The summed E-state index contributed by atoms with van der Waals surface area (Å²) >= 11 is 1.01. The Morgan fingerprint density at radius 2 is 2.03 bits per heavy atom. The largest absolute Gasteiger partial charge is 0.490 e. The molecule has 160 valence electrons. The van der Waals surface area contributed by atoms with E-state index in [2.05, 4.69) is 20.6 Å². The van der Waals surface area contributed by atoms with Gasteiger partial charge in [-0.25, -0.2) is 4.98 Å². The molecule has 29 heavy (non-hydrogen) atoms. The predicted molar refractivity (Wildman–Crippen MR) is 119 cm³/mol.